The number of hydrogen-bond acceptors (Lipinski definition) is 5. The van der Waals surface area contributed by atoms with E-state index >= 15 is 0 Å². The molecule has 3 aromatic carbocycles. The van der Waals surface area contributed by atoms with E-state index in [0.717, 1.165) is 34.7 Å². The van der Waals surface area contributed by atoms with Gasteiger partial charge in [0, 0.05) is 16.6 Å². The third kappa shape index (κ3) is 4.07. The summed E-state index contributed by atoms with van der Waals surface area (Å²) in [4.78, 5) is 26.8. The molecule has 1 atom stereocenters. The molecule has 1 aliphatic rings. The zero-order valence-corrected chi connectivity index (χ0v) is 19.3. The largest absolute Gasteiger partial charge is 0.492 e. The number of esters is 1. The number of aliphatic hydroxyl groups excluding tert-OH is 1. The summed E-state index contributed by atoms with van der Waals surface area (Å²) in [6.45, 7) is 6.49. The number of aryl methyl sites for hydroxylation is 1. The summed E-state index contributed by atoms with van der Waals surface area (Å²) in [5.74, 6) is -0.0668. The van der Waals surface area contributed by atoms with Gasteiger partial charge in [-0.3, -0.25) is 14.5 Å². The Hall–Kier alpha value is -3.38. The van der Waals surface area contributed by atoms with Crippen molar-refractivity contribution in [1.29, 1.82) is 0 Å². The van der Waals surface area contributed by atoms with Crippen LogP contribution in [0.4, 0.5) is 5.69 Å². The van der Waals surface area contributed by atoms with E-state index in [0.29, 0.717) is 35.8 Å². The van der Waals surface area contributed by atoms with Crippen molar-refractivity contribution in [3.8, 4) is 5.75 Å². The van der Waals surface area contributed by atoms with Gasteiger partial charge in [0.15, 0.2) is 6.23 Å². The molecule has 0 spiro atoms. The fourth-order valence-corrected chi connectivity index (χ4v) is 4.58. The number of fused-ring (bicyclic) bond motifs is 2. The van der Waals surface area contributed by atoms with E-state index in [-0.39, 0.29) is 18.3 Å². The van der Waals surface area contributed by atoms with Crippen LogP contribution in [0.3, 0.4) is 0 Å². The predicted octanol–water partition coefficient (Wildman–Crippen LogP) is 4.95. The maximum Gasteiger partial charge on any atom is 0.310 e. The van der Waals surface area contributed by atoms with Gasteiger partial charge in [0.25, 0.3) is 5.91 Å². The Labute approximate surface area is 193 Å². The second-order valence-corrected chi connectivity index (χ2v) is 8.02. The van der Waals surface area contributed by atoms with Crippen LogP contribution < -0.4 is 9.64 Å². The second-order valence-electron chi connectivity index (χ2n) is 8.02. The minimum Gasteiger partial charge on any atom is -0.492 e. The maximum absolute atomic E-state index is 13.7. The molecule has 1 N–H and O–H groups in total. The van der Waals surface area contributed by atoms with Crippen molar-refractivity contribution in [2.75, 3.05) is 18.1 Å². The summed E-state index contributed by atoms with van der Waals surface area (Å²) in [6, 6.07) is 14.9. The first-order valence-corrected chi connectivity index (χ1v) is 11.5. The van der Waals surface area contributed by atoms with Crippen LogP contribution in [0.15, 0.2) is 48.5 Å². The van der Waals surface area contributed by atoms with E-state index in [2.05, 4.69) is 6.92 Å². The number of aliphatic hydroxyl groups is 1. The van der Waals surface area contributed by atoms with Crippen LogP contribution in [-0.2, 0) is 22.4 Å². The lowest BCUT2D eigenvalue weighted by atomic mass is 9.91. The Morgan fingerprint density at radius 1 is 1.00 bits per heavy atom. The van der Waals surface area contributed by atoms with Crippen molar-refractivity contribution in [3.05, 3.63) is 70.8 Å². The molecule has 33 heavy (non-hydrogen) atoms. The van der Waals surface area contributed by atoms with E-state index < -0.39 is 6.23 Å². The van der Waals surface area contributed by atoms with Gasteiger partial charge >= 0.3 is 5.97 Å². The van der Waals surface area contributed by atoms with Crippen LogP contribution in [0.1, 0.15) is 60.5 Å². The number of rotatable bonds is 8. The minimum atomic E-state index is -1.12. The Kier molecular flexibility index (Phi) is 6.65. The van der Waals surface area contributed by atoms with Crippen molar-refractivity contribution in [3.63, 3.8) is 0 Å². The predicted molar refractivity (Wildman–Crippen MR) is 128 cm³/mol. The lowest BCUT2D eigenvalue weighted by Crippen LogP contribution is -2.27. The normalized spacial score (nSPS) is 15.1. The molecule has 0 saturated carbocycles. The first kappa shape index (κ1) is 22.8. The Morgan fingerprint density at radius 3 is 2.33 bits per heavy atom. The van der Waals surface area contributed by atoms with Gasteiger partial charge in [0.2, 0.25) is 0 Å². The van der Waals surface area contributed by atoms with Crippen molar-refractivity contribution in [1.82, 2.24) is 0 Å². The smallest absolute Gasteiger partial charge is 0.310 e. The maximum atomic E-state index is 13.7. The highest BCUT2D eigenvalue weighted by molar-refractivity contribution is 6.16. The van der Waals surface area contributed by atoms with E-state index in [1.165, 1.54) is 4.90 Å². The van der Waals surface area contributed by atoms with Gasteiger partial charge in [0.1, 0.15) is 5.75 Å². The topological polar surface area (TPSA) is 76.1 Å². The van der Waals surface area contributed by atoms with Crippen LogP contribution in [0.25, 0.3) is 10.8 Å². The van der Waals surface area contributed by atoms with Crippen LogP contribution in [0.5, 0.6) is 5.75 Å². The molecule has 0 radical (unpaired) electrons. The van der Waals surface area contributed by atoms with Gasteiger partial charge in [-0.15, -0.1) is 0 Å². The highest BCUT2D eigenvalue weighted by Gasteiger charge is 2.42. The van der Waals surface area contributed by atoms with E-state index in [4.69, 9.17) is 9.47 Å². The molecule has 3 aromatic rings. The quantitative estimate of drug-likeness (QED) is 0.495. The Morgan fingerprint density at radius 2 is 1.70 bits per heavy atom. The molecule has 6 heteroatoms. The summed E-state index contributed by atoms with van der Waals surface area (Å²) in [5, 5.41) is 13.3. The minimum absolute atomic E-state index is 0.158. The van der Waals surface area contributed by atoms with E-state index in [9.17, 15) is 14.7 Å². The van der Waals surface area contributed by atoms with Gasteiger partial charge in [-0.2, -0.15) is 0 Å². The highest BCUT2D eigenvalue weighted by Crippen LogP contribution is 2.47. The van der Waals surface area contributed by atoms with Crippen molar-refractivity contribution in [2.45, 2.75) is 46.3 Å². The second kappa shape index (κ2) is 9.63. The molecule has 0 saturated heterocycles. The zero-order valence-electron chi connectivity index (χ0n) is 19.3. The van der Waals surface area contributed by atoms with Gasteiger partial charge in [-0.25, -0.2) is 0 Å². The fourth-order valence-electron chi connectivity index (χ4n) is 4.58. The number of nitrogens with zero attached hydrogens (tertiary/aromatic N) is 1. The fraction of sp³-hybridized carbons (Fsp3) is 0.333. The Balaban J connectivity index is 1.80. The van der Waals surface area contributed by atoms with Crippen molar-refractivity contribution < 1.29 is 24.2 Å². The zero-order chi connectivity index (χ0) is 23.5. The van der Waals surface area contributed by atoms with Gasteiger partial charge in [-0.1, -0.05) is 49.7 Å². The SMILES string of the molecule is CCCc1c2c(c(OCC)c3ccccc13)C(=O)N(c1ccc(CC(=O)OCC)cc1)[C@H]2O. The van der Waals surface area contributed by atoms with Crippen LogP contribution in [-0.4, -0.2) is 30.2 Å². The molecule has 0 bridgehead atoms. The third-order valence-electron chi connectivity index (χ3n) is 5.91. The summed E-state index contributed by atoms with van der Waals surface area (Å²) in [7, 11) is 0. The molecule has 1 amide bonds. The highest BCUT2D eigenvalue weighted by atomic mass is 16.5. The third-order valence-corrected chi connectivity index (χ3v) is 5.91. The summed E-state index contributed by atoms with van der Waals surface area (Å²) >= 11 is 0. The summed E-state index contributed by atoms with van der Waals surface area (Å²) in [6.07, 6.45) is 0.666. The molecule has 0 aliphatic carbocycles. The number of ether oxygens (including phenoxy) is 2. The molecule has 6 nitrogen and oxygen atoms in total. The number of hydrogen-bond donors (Lipinski definition) is 1. The molecule has 172 valence electrons. The van der Waals surface area contributed by atoms with E-state index in [1.807, 2.05) is 31.2 Å². The molecular formula is C27H29NO5. The molecule has 1 aliphatic heterocycles. The average Bonchev–Trinajstić information content (AvgIpc) is 3.07. The number of anilines is 1. The summed E-state index contributed by atoms with van der Waals surface area (Å²) in [5.41, 5.74) is 3.38. The Bertz CT molecular complexity index is 1190. The number of carbonyl (C=O) groups is 2. The lowest BCUT2D eigenvalue weighted by molar-refractivity contribution is -0.142. The standard InChI is InChI=1S/C27H29NO5/c1-4-9-20-19-10-7-8-11-21(19)25(33-6-3)24-23(20)26(30)28(27(24)31)18-14-12-17(13-15-18)16-22(29)32-5-2/h7-8,10-15,26,30H,4-6,9,16H2,1-3H3/t26-/m0/s1. The number of carbonyl (C=O) groups excluding carboxylic acids is 2. The van der Waals surface area contributed by atoms with Gasteiger partial charge in [0.05, 0.1) is 25.2 Å². The van der Waals surface area contributed by atoms with E-state index in [1.54, 1.807) is 31.2 Å². The lowest BCUT2D eigenvalue weighted by Gasteiger charge is -2.22. The number of benzene rings is 3. The molecule has 4 rings (SSSR count). The molecule has 0 fully saturated rings. The van der Waals surface area contributed by atoms with Crippen LogP contribution in [0, 0.1) is 0 Å². The first-order chi connectivity index (χ1) is 16.0. The van der Waals surface area contributed by atoms with Crippen LogP contribution in [0.2, 0.25) is 0 Å². The summed E-state index contributed by atoms with van der Waals surface area (Å²) < 4.78 is 11.0. The van der Waals surface area contributed by atoms with Gasteiger partial charge in [-0.05, 0) is 48.9 Å². The average molecular weight is 448 g/mol. The van der Waals surface area contributed by atoms with Crippen LogP contribution >= 0.6 is 0 Å². The first-order valence-electron chi connectivity index (χ1n) is 11.5. The van der Waals surface area contributed by atoms with Crippen molar-refractivity contribution >= 4 is 28.3 Å². The molecule has 0 unspecified atom stereocenters. The van der Waals surface area contributed by atoms with Gasteiger partial charge < -0.3 is 14.6 Å². The van der Waals surface area contributed by atoms with Crippen molar-refractivity contribution in [2.24, 2.45) is 0 Å². The molecule has 1 heterocycles. The number of amides is 1. The monoisotopic (exact) mass is 447 g/mol. The molecule has 0 aromatic heterocycles. The molecular weight excluding hydrogens is 418 g/mol.